The summed E-state index contributed by atoms with van der Waals surface area (Å²) in [5.41, 5.74) is 1.24. The number of nitrogens with zero attached hydrogens (tertiary/aromatic N) is 1. The van der Waals surface area contributed by atoms with Gasteiger partial charge in [-0.15, -0.1) is 10.2 Å². The van der Waals surface area contributed by atoms with Gasteiger partial charge in [0, 0.05) is 12.1 Å². The Hall–Kier alpha value is -3.02. The molecule has 11 heteroatoms. The summed E-state index contributed by atoms with van der Waals surface area (Å²) < 4.78 is 45.4. The van der Waals surface area contributed by atoms with Crippen molar-refractivity contribution in [3.8, 4) is 22.8 Å². The average molecular weight is 412 g/mol. The third-order valence-corrected chi connectivity index (χ3v) is 3.37. The van der Waals surface area contributed by atoms with Crippen LogP contribution in [0.3, 0.4) is 0 Å². The Balaban J connectivity index is 0.000000500. The lowest BCUT2D eigenvalue weighted by atomic mass is 10.1. The van der Waals surface area contributed by atoms with Gasteiger partial charge in [-0.25, -0.2) is 23.1 Å². The minimum Gasteiger partial charge on any atom is -0.508 e. The molecule has 2 aromatic carbocycles. The fraction of sp³-hybridized carbons (Fsp3) is 0.118. The van der Waals surface area contributed by atoms with Gasteiger partial charge in [-0.2, -0.15) is 0 Å². The summed E-state index contributed by atoms with van der Waals surface area (Å²) >= 11 is 0. The van der Waals surface area contributed by atoms with Crippen LogP contribution in [-0.4, -0.2) is 16.6 Å². The quantitative estimate of drug-likeness (QED) is 0.341. The lowest BCUT2D eigenvalue weighted by Crippen LogP contribution is -2.68. The lowest BCUT2D eigenvalue weighted by Gasteiger charge is -2.17. The monoisotopic (exact) mass is 411 g/mol. The van der Waals surface area contributed by atoms with Crippen molar-refractivity contribution in [1.29, 1.82) is 0 Å². The van der Waals surface area contributed by atoms with Crippen LogP contribution in [0.5, 0.6) is 11.5 Å². The number of phenolic OH excluding ortho intramolecular Hbond substituents is 1. The molecule has 3 aromatic rings. The van der Waals surface area contributed by atoms with E-state index in [1.165, 1.54) is 12.1 Å². The van der Waals surface area contributed by atoms with Crippen molar-refractivity contribution < 1.29 is 48.1 Å². The number of nitro benzene ring substituents is 1. The first-order chi connectivity index (χ1) is 13.1. The summed E-state index contributed by atoms with van der Waals surface area (Å²) in [6.45, 7) is 2.27. The average Bonchev–Trinajstić information content (AvgIpc) is 2.60. The van der Waals surface area contributed by atoms with Crippen molar-refractivity contribution in [1.82, 2.24) is 0 Å². The van der Waals surface area contributed by atoms with Crippen molar-refractivity contribution in [3.63, 3.8) is 0 Å². The molecule has 0 saturated carbocycles. The van der Waals surface area contributed by atoms with Gasteiger partial charge in [0.2, 0.25) is 0 Å². The maximum atomic E-state index is 10.9. The van der Waals surface area contributed by atoms with Crippen molar-refractivity contribution in [2.45, 2.75) is 6.92 Å². The third kappa shape index (κ3) is 6.01. The van der Waals surface area contributed by atoms with Crippen LogP contribution < -0.4 is 23.4 Å². The molecule has 148 valence electrons. The standard InChI is InChI=1S/C17H13NO5.ClHO4/c1-2-22-17-10-16(11-3-6-13(19)7-4-11)23-15-8-5-12(18(20)21)9-14(15)17;2-1(3,4)5/h3-10H,2H2,1H3;(H,2,3,4,5). The first kappa shape index (κ1) is 21.3. The summed E-state index contributed by atoms with van der Waals surface area (Å²) in [4.78, 5) is 10.5. The minimum atomic E-state index is -4.94. The number of benzene rings is 2. The third-order valence-electron chi connectivity index (χ3n) is 3.37. The Kier molecular flexibility index (Phi) is 6.67. The number of halogens is 1. The molecule has 3 rings (SSSR count). The summed E-state index contributed by atoms with van der Waals surface area (Å²) in [6, 6.07) is 12.6. The number of aromatic hydroxyl groups is 1. The van der Waals surface area contributed by atoms with Crippen LogP contribution in [0.2, 0.25) is 0 Å². The van der Waals surface area contributed by atoms with Crippen LogP contribution >= 0.6 is 0 Å². The van der Waals surface area contributed by atoms with E-state index in [0.29, 0.717) is 29.1 Å². The zero-order chi connectivity index (χ0) is 20.9. The van der Waals surface area contributed by atoms with Gasteiger partial charge in [0.15, 0.2) is 0 Å². The smallest absolute Gasteiger partial charge is 0.365 e. The van der Waals surface area contributed by atoms with Crippen molar-refractivity contribution >= 4 is 16.7 Å². The molecule has 0 atom stereocenters. The second-order valence-electron chi connectivity index (χ2n) is 5.27. The summed E-state index contributed by atoms with van der Waals surface area (Å²) in [5, 5.41) is 20.9. The van der Waals surface area contributed by atoms with E-state index in [1.807, 2.05) is 6.92 Å². The molecule has 0 bridgehead atoms. The number of nitro groups is 1. The SMILES string of the molecule is CCOc1cc(-c2ccc(O)cc2)[o+]c2ccc([N+](=O)[O-])cc12.[O-][Cl+3]([O-])([O-])[O-]. The Morgan fingerprint density at radius 1 is 1.07 bits per heavy atom. The van der Waals surface area contributed by atoms with E-state index in [4.69, 9.17) is 27.8 Å². The number of hydrogen-bond donors (Lipinski definition) is 1. The molecule has 1 N–H and O–H groups in total. The number of rotatable bonds is 4. The fourth-order valence-electron chi connectivity index (χ4n) is 2.30. The molecule has 0 aliphatic heterocycles. The van der Waals surface area contributed by atoms with Crippen LogP contribution in [0.25, 0.3) is 22.3 Å². The maximum Gasteiger partial charge on any atom is 0.365 e. The van der Waals surface area contributed by atoms with Gasteiger partial charge >= 0.3 is 11.3 Å². The molecule has 0 unspecified atom stereocenters. The molecule has 0 spiro atoms. The molecule has 0 radical (unpaired) electrons. The first-order valence-electron chi connectivity index (χ1n) is 7.67. The van der Waals surface area contributed by atoms with E-state index < -0.39 is 15.2 Å². The van der Waals surface area contributed by atoms with Gasteiger partial charge in [-0.1, -0.05) is 0 Å². The summed E-state index contributed by atoms with van der Waals surface area (Å²) in [5.74, 6) is 1.23. The highest BCUT2D eigenvalue weighted by Gasteiger charge is 2.22. The van der Waals surface area contributed by atoms with Gasteiger partial charge < -0.3 is 9.84 Å². The first-order valence-corrected chi connectivity index (χ1v) is 8.91. The second kappa shape index (κ2) is 8.78. The molecule has 0 fully saturated rings. The molecule has 28 heavy (non-hydrogen) atoms. The molecular weight excluding hydrogens is 398 g/mol. The highest BCUT2D eigenvalue weighted by molar-refractivity contribution is 5.87. The maximum absolute atomic E-state index is 10.9. The van der Waals surface area contributed by atoms with Crippen LogP contribution in [0.4, 0.5) is 5.69 Å². The largest absolute Gasteiger partial charge is 0.508 e. The van der Waals surface area contributed by atoms with Crippen molar-refractivity contribution in [2.75, 3.05) is 6.61 Å². The number of non-ortho nitro benzene ring substituents is 1. The van der Waals surface area contributed by atoms with Crippen LogP contribution in [0.1, 0.15) is 6.92 Å². The predicted molar refractivity (Wildman–Crippen MR) is 85.5 cm³/mol. The van der Waals surface area contributed by atoms with E-state index in [0.717, 1.165) is 5.56 Å². The van der Waals surface area contributed by atoms with Gasteiger partial charge in [0.1, 0.15) is 16.9 Å². The zero-order valence-corrected chi connectivity index (χ0v) is 15.1. The molecule has 1 heterocycles. The Bertz CT molecular complexity index is 965. The van der Waals surface area contributed by atoms with Gasteiger partial charge in [-0.3, -0.25) is 10.1 Å². The van der Waals surface area contributed by atoms with Crippen molar-refractivity contribution in [2.24, 2.45) is 0 Å². The Labute approximate surface area is 160 Å². The van der Waals surface area contributed by atoms with E-state index in [9.17, 15) is 15.2 Å². The number of ether oxygens (including phenoxy) is 1. The summed E-state index contributed by atoms with van der Waals surface area (Å²) in [7, 11) is -4.94. The molecule has 0 aliphatic carbocycles. The number of fused-ring (bicyclic) bond motifs is 1. The summed E-state index contributed by atoms with van der Waals surface area (Å²) in [6.07, 6.45) is 0. The fourth-order valence-corrected chi connectivity index (χ4v) is 2.30. The van der Waals surface area contributed by atoms with Gasteiger partial charge in [0.25, 0.3) is 5.69 Å². The van der Waals surface area contributed by atoms with Gasteiger partial charge in [-0.05, 0) is 31.2 Å². The van der Waals surface area contributed by atoms with E-state index >= 15 is 0 Å². The normalized spacial score (nSPS) is 10.9. The van der Waals surface area contributed by atoms with E-state index in [-0.39, 0.29) is 11.4 Å². The lowest BCUT2D eigenvalue weighted by molar-refractivity contribution is -2.00. The highest BCUT2D eigenvalue weighted by Crippen LogP contribution is 2.35. The van der Waals surface area contributed by atoms with E-state index in [2.05, 4.69) is 0 Å². The van der Waals surface area contributed by atoms with Gasteiger partial charge in [0.05, 0.1) is 29.2 Å². The molecule has 0 amide bonds. The molecule has 0 aliphatic rings. The molecular formula is C17H14ClNO9. The molecule has 10 nitrogen and oxygen atoms in total. The number of phenols is 1. The van der Waals surface area contributed by atoms with Crippen LogP contribution in [-0.2, 0) is 0 Å². The van der Waals surface area contributed by atoms with Crippen LogP contribution in [0.15, 0.2) is 52.9 Å². The Morgan fingerprint density at radius 3 is 2.21 bits per heavy atom. The highest BCUT2D eigenvalue weighted by atomic mass is 35.7. The van der Waals surface area contributed by atoms with E-state index in [1.54, 1.807) is 36.4 Å². The molecule has 1 aromatic heterocycles. The van der Waals surface area contributed by atoms with Crippen molar-refractivity contribution in [3.05, 3.63) is 58.6 Å². The zero-order valence-electron chi connectivity index (χ0n) is 14.4. The minimum absolute atomic E-state index is 0.0222. The Morgan fingerprint density at radius 2 is 1.68 bits per heavy atom. The molecule has 0 saturated heterocycles. The predicted octanol–water partition coefficient (Wildman–Crippen LogP) is -0.363. The topological polar surface area (TPSA) is 176 Å². The second-order valence-corrected chi connectivity index (χ2v) is 6.03. The van der Waals surface area contributed by atoms with Crippen LogP contribution in [0, 0.1) is 20.4 Å². The number of hydrogen-bond acceptors (Lipinski definition) is 8.